The summed E-state index contributed by atoms with van der Waals surface area (Å²) in [5, 5.41) is 3.31. The van der Waals surface area contributed by atoms with Gasteiger partial charge in [-0.2, -0.15) is 0 Å². The van der Waals surface area contributed by atoms with Crippen molar-refractivity contribution in [1.82, 2.24) is 9.97 Å². The Labute approximate surface area is 96.7 Å². The normalized spacial score (nSPS) is 15.9. The van der Waals surface area contributed by atoms with Crippen LogP contribution in [0.3, 0.4) is 0 Å². The highest BCUT2D eigenvalue weighted by atomic mass is 15.0. The summed E-state index contributed by atoms with van der Waals surface area (Å²) in [4.78, 5) is 9.00. The van der Waals surface area contributed by atoms with Gasteiger partial charge in [-0.25, -0.2) is 9.97 Å². The number of hydrogen-bond acceptors (Lipinski definition) is 4. The molecule has 0 unspecified atom stereocenters. The fourth-order valence-electron chi connectivity index (χ4n) is 1.85. The molecule has 0 aromatic carbocycles. The number of nitrogens with two attached hydrogens (primary N) is 1. The van der Waals surface area contributed by atoms with Crippen molar-refractivity contribution in [3.8, 4) is 0 Å². The van der Waals surface area contributed by atoms with Gasteiger partial charge in [0, 0.05) is 12.5 Å². The molecule has 0 atom stereocenters. The third kappa shape index (κ3) is 2.50. The zero-order valence-electron chi connectivity index (χ0n) is 9.87. The van der Waals surface area contributed by atoms with Gasteiger partial charge in [0.2, 0.25) is 0 Å². The topological polar surface area (TPSA) is 63.8 Å². The van der Waals surface area contributed by atoms with Crippen LogP contribution in [0, 0.1) is 6.92 Å². The molecular formula is C12H20N4. The molecule has 0 saturated heterocycles. The molecule has 4 nitrogen and oxygen atoms in total. The quantitative estimate of drug-likeness (QED) is 0.743. The van der Waals surface area contributed by atoms with Gasteiger partial charge in [0.1, 0.15) is 5.82 Å². The minimum Gasteiger partial charge on any atom is -0.382 e. The molecule has 3 N–H and O–H groups in total. The van der Waals surface area contributed by atoms with Gasteiger partial charge in [-0.3, -0.25) is 0 Å². The summed E-state index contributed by atoms with van der Waals surface area (Å²) in [7, 11) is 0. The summed E-state index contributed by atoms with van der Waals surface area (Å²) in [6.45, 7) is 3.64. The van der Waals surface area contributed by atoms with Gasteiger partial charge >= 0.3 is 0 Å². The molecule has 1 aliphatic carbocycles. The fraction of sp³-hybridized carbons (Fsp3) is 0.667. The van der Waals surface area contributed by atoms with E-state index in [1.165, 1.54) is 19.3 Å². The first-order valence-corrected chi connectivity index (χ1v) is 6.08. The highest BCUT2D eigenvalue weighted by Crippen LogP contribution is 2.34. The molecule has 1 aromatic heterocycles. The maximum absolute atomic E-state index is 5.45. The molecule has 0 aliphatic heterocycles. The van der Waals surface area contributed by atoms with E-state index < -0.39 is 0 Å². The third-order valence-electron chi connectivity index (χ3n) is 3.16. The maximum Gasteiger partial charge on any atom is 0.131 e. The van der Waals surface area contributed by atoms with Gasteiger partial charge in [-0.15, -0.1) is 0 Å². The van der Waals surface area contributed by atoms with Crippen molar-refractivity contribution in [1.29, 1.82) is 0 Å². The van der Waals surface area contributed by atoms with Gasteiger partial charge in [0.15, 0.2) is 0 Å². The average Bonchev–Trinajstić information content (AvgIpc) is 2.19. The Bertz CT molecular complexity index is 347. The predicted octanol–water partition coefficient (Wildman–Crippen LogP) is 1.81. The second kappa shape index (κ2) is 5.25. The Kier molecular flexibility index (Phi) is 3.72. The van der Waals surface area contributed by atoms with E-state index in [4.69, 9.17) is 5.73 Å². The molecule has 88 valence electrons. The zero-order chi connectivity index (χ0) is 11.4. The number of aromatic nitrogens is 2. The van der Waals surface area contributed by atoms with Gasteiger partial charge in [-0.05, 0) is 32.7 Å². The summed E-state index contributed by atoms with van der Waals surface area (Å²) >= 11 is 0. The van der Waals surface area contributed by atoms with Crippen LogP contribution >= 0.6 is 0 Å². The van der Waals surface area contributed by atoms with Crippen LogP contribution in [0.1, 0.15) is 43.1 Å². The van der Waals surface area contributed by atoms with Crippen LogP contribution in [-0.2, 0) is 0 Å². The lowest BCUT2D eigenvalue weighted by Crippen LogP contribution is -2.15. The fourth-order valence-corrected chi connectivity index (χ4v) is 1.85. The highest BCUT2D eigenvalue weighted by molar-refractivity contribution is 5.45. The Morgan fingerprint density at radius 3 is 2.88 bits per heavy atom. The number of nitrogens with one attached hydrogen (secondary N) is 1. The van der Waals surface area contributed by atoms with Gasteiger partial charge < -0.3 is 11.1 Å². The summed E-state index contributed by atoms with van der Waals surface area (Å²) in [6.07, 6.45) is 6.71. The molecule has 1 aromatic rings. The van der Waals surface area contributed by atoms with Crippen LogP contribution in [-0.4, -0.2) is 23.1 Å². The van der Waals surface area contributed by atoms with Crippen molar-refractivity contribution in [3.05, 3.63) is 17.7 Å². The summed E-state index contributed by atoms with van der Waals surface area (Å²) in [5.41, 5.74) is 7.54. The average molecular weight is 220 g/mol. The lowest BCUT2D eigenvalue weighted by atomic mass is 9.85. The second-order valence-electron chi connectivity index (χ2n) is 4.42. The van der Waals surface area contributed by atoms with E-state index in [2.05, 4.69) is 15.3 Å². The van der Waals surface area contributed by atoms with Crippen LogP contribution in [0.2, 0.25) is 0 Å². The molecule has 1 heterocycles. The molecule has 4 heteroatoms. The van der Waals surface area contributed by atoms with E-state index in [0.717, 1.165) is 30.2 Å². The number of anilines is 1. The Morgan fingerprint density at radius 1 is 1.50 bits per heavy atom. The lowest BCUT2D eigenvalue weighted by Gasteiger charge is -2.24. The minimum absolute atomic E-state index is 0.608. The third-order valence-corrected chi connectivity index (χ3v) is 3.16. The molecule has 0 bridgehead atoms. The molecular weight excluding hydrogens is 200 g/mol. The van der Waals surface area contributed by atoms with Crippen LogP contribution in [0.25, 0.3) is 0 Å². The van der Waals surface area contributed by atoms with Crippen LogP contribution in [0.5, 0.6) is 0 Å². The van der Waals surface area contributed by atoms with Gasteiger partial charge in [-0.1, -0.05) is 6.42 Å². The van der Waals surface area contributed by atoms with Crippen LogP contribution in [0.15, 0.2) is 6.20 Å². The van der Waals surface area contributed by atoms with Crippen molar-refractivity contribution in [2.45, 2.75) is 38.5 Å². The van der Waals surface area contributed by atoms with Crippen molar-refractivity contribution < 1.29 is 0 Å². The smallest absolute Gasteiger partial charge is 0.131 e. The number of nitrogens with zero attached hydrogens (tertiary/aromatic N) is 2. The molecule has 0 spiro atoms. The van der Waals surface area contributed by atoms with Crippen molar-refractivity contribution >= 4 is 5.69 Å². The van der Waals surface area contributed by atoms with Gasteiger partial charge in [0.05, 0.1) is 17.6 Å². The Morgan fingerprint density at radius 2 is 2.31 bits per heavy atom. The minimum atomic E-state index is 0.608. The molecule has 1 saturated carbocycles. The first-order valence-electron chi connectivity index (χ1n) is 6.08. The summed E-state index contributed by atoms with van der Waals surface area (Å²) < 4.78 is 0. The number of aryl methyl sites for hydroxylation is 1. The summed E-state index contributed by atoms with van der Waals surface area (Å²) in [5.74, 6) is 1.63. The molecule has 1 fully saturated rings. The predicted molar refractivity (Wildman–Crippen MR) is 65.5 cm³/mol. The van der Waals surface area contributed by atoms with Crippen molar-refractivity contribution in [2.75, 3.05) is 18.4 Å². The van der Waals surface area contributed by atoms with E-state index in [9.17, 15) is 0 Å². The van der Waals surface area contributed by atoms with Crippen LogP contribution < -0.4 is 11.1 Å². The van der Waals surface area contributed by atoms with E-state index in [0.29, 0.717) is 12.5 Å². The Hall–Kier alpha value is -1.16. The zero-order valence-corrected chi connectivity index (χ0v) is 9.87. The first-order chi connectivity index (χ1) is 7.81. The van der Waals surface area contributed by atoms with E-state index in [-0.39, 0.29) is 0 Å². The molecule has 1 aliphatic rings. The number of hydrogen-bond donors (Lipinski definition) is 2. The second-order valence-corrected chi connectivity index (χ2v) is 4.42. The molecule has 0 amide bonds. The van der Waals surface area contributed by atoms with E-state index in [1.54, 1.807) is 0 Å². The maximum atomic E-state index is 5.45. The molecule has 2 rings (SSSR count). The highest BCUT2D eigenvalue weighted by Gasteiger charge is 2.22. The van der Waals surface area contributed by atoms with Crippen LogP contribution in [0.4, 0.5) is 5.69 Å². The standard InChI is InChI=1S/C12H20N4/c1-9-11(14-7-3-6-13)8-15-12(16-9)10-4-2-5-10/h8,10,14H,2-7,13H2,1H3. The van der Waals surface area contributed by atoms with Crippen molar-refractivity contribution in [3.63, 3.8) is 0 Å². The Balaban J connectivity index is 1.98. The van der Waals surface area contributed by atoms with E-state index in [1.807, 2.05) is 13.1 Å². The SMILES string of the molecule is Cc1nc(C2CCC2)ncc1NCCCN. The molecule has 16 heavy (non-hydrogen) atoms. The first kappa shape index (κ1) is 11.3. The largest absolute Gasteiger partial charge is 0.382 e. The molecule has 0 radical (unpaired) electrons. The van der Waals surface area contributed by atoms with Crippen molar-refractivity contribution in [2.24, 2.45) is 5.73 Å². The number of rotatable bonds is 5. The van der Waals surface area contributed by atoms with Gasteiger partial charge in [0.25, 0.3) is 0 Å². The summed E-state index contributed by atoms with van der Waals surface area (Å²) in [6, 6.07) is 0. The van der Waals surface area contributed by atoms with E-state index >= 15 is 0 Å². The lowest BCUT2D eigenvalue weighted by molar-refractivity contribution is 0.401. The monoisotopic (exact) mass is 220 g/mol.